The highest BCUT2D eigenvalue weighted by Gasteiger charge is 2.17. The smallest absolute Gasteiger partial charge is 0.224 e. The van der Waals surface area contributed by atoms with Crippen molar-refractivity contribution in [1.29, 1.82) is 5.26 Å². The van der Waals surface area contributed by atoms with E-state index in [2.05, 4.69) is 11.4 Å². The van der Waals surface area contributed by atoms with Crippen molar-refractivity contribution >= 4 is 5.91 Å². The number of nitriles is 1. The Morgan fingerprint density at radius 1 is 1.35 bits per heavy atom. The molecule has 1 rings (SSSR count). The average Bonchev–Trinajstić information content (AvgIpc) is 2.29. The van der Waals surface area contributed by atoms with Gasteiger partial charge >= 0.3 is 0 Å². The van der Waals surface area contributed by atoms with Crippen molar-refractivity contribution in [2.24, 2.45) is 0 Å². The lowest BCUT2D eigenvalue weighted by molar-refractivity contribution is -0.122. The third kappa shape index (κ3) is 4.28. The largest absolute Gasteiger partial charge is 0.351 e. The zero-order valence-electron chi connectivity index (χ0n) is 10.6. The quantitative estimate of drug-likeness (QED) is 0.863. The summed E-state index contributed by atoms with van der Waals surface area (Å²) in [6.45, 7) is 6.05. The Bertz CT molecular complexity index is 427. The molecule has 0 aliphatic rings. The summed E-state index contributed by atoms with van der Waals surface area (Å²) < 4.78 is 0. The van der Waals surface area contributed by atoms with E-state index in [0.717, 1.165) is 12.0 Å². The van der Waals surface area contributed by atoms with Gasteiger partial charge in [-0.05, 0) is 38.0 Å². The highest BCUT2D eigenvalue weighted by molar-refractivity contribution is 5.79. The monoisotopic (exact) mass is 230 g/mol. The van der Waals surface area contributed by atoms with Crippen LogP contribution >= 0.6 is 0 Å². The second-order valence-corrected chi connectivity index (χ2v) is 4.77. The maximum atomic E-state index is 11.8. The lowest BCUT2D eigenvalue weighted by Gasteiger charge is -2.24. The predicted molar refractivity (Wildman–Crippen MR) is 67.4 cm³/mol. The summed E-state index contributed by atoms with van der Waals surface area (Å²) in [5, 5.41) is 11.6. The van der Waals surface area contributed by atoms with Crippen LogP contribution in [0.4, 0.5) is 0 Å². The van der Waals surface area contributed by atoms with E-state index < -0.39 is 0 Å². The second-order valence-electron chi connectivity index (χ2n) is 4.77. The summed E-state index contributed by atoms with van der Waals surface area (Å²) in [4.78, 5) is 11.8. The molecule has 3 nitrogen and oxygen atoms in total. The number of carbonyl (C=O) groups is 1. The molecular weight excluding hydrogens is 212 g/mol. The van der Waals surface area contributed by atoms with Crippen LogP contribution in [0.3, 0.4) is 0 Å². The van der Waals surface area contributed by atoms with E-state index in [0.29, 0.717) is 12.0 Å². The SMILES string of the molecule is CCC(C)(C)NC(=O)Cc1ccc(C#N)cc1. The Kier molecular flexibility index (Phi) is 4.28. The molecule has 1 aromatic rings. The Labute approximate surface area is 102 Å². The van der Waals surface area contributed by atoms with Crippen LogP contribution in [0.15, 0.2) is 24.3 Å². The van der Waals surface area contributed by atoms with E-state index in [1.807, 2.05) is 32.9 Å². The Morgan fingerprint density at radius 3 is 2.41 bits per heavy atom. The van der Waals surface area contributed by atoms with Crippen LogP contribution in [0.25, 0.3) is 0 Å². The molecular formula is C14H18N2O. The lowest BCUT2D eigenvalue weighted by atomic mass is 10.0. The van der Waals surface area contributed by atoms with Crippen molar-refractivity contribution in [2.75, 3.05) is 0 Å². The van der Waals surface area contributed by atoms with Crippen LogP contribution in [0.5, 0.6) is 0 Å². The molecule has 0 radical (unpaired) electrons. The first-order chi connectivity index (χ1) is 7.96. The molecule has 0 atom stereocenters. The number of hydrogen-bond acceptors (Lipinski definition) is 2. The molecule has 17 heavy (non-hydrogen) atoms. The fourth-order valence-corrected chi connectivity index (χ4v) is 1.39. The normalized spacial score (nSPS) is 10.7. The highest BCUT2D eigenvalue weighted by Crippen LogP contribution is 2.09. The van der Waals surface area contributed by atoms with Crippen LogP contribution in [-0.4, -0.2) is 11.4 Å². The minimum absolute atomic E-state index is 0.0153. The zero-order chi connectivity index (χ0) is 12.9. The summed E-state index contributed by atoms with van der Waals surface area (Å²) in [6.07, 6.45) is 1.25. The van der Waals surface area contributed by atoms with Gasteiger partial charge < -0.3 is 5.32 Å². The summed E-state index contributed by atoms with van der Waals surface area (Å²) >= 11 is 0. The molecule has 0 bridgehead atoms. The van der Waals surface area contributed by atoms with E-state index in [1.54, 1.807) is 12.1 Å². The van der Waals surface area contributed by atoms with Gasteiger partial charge in [0.1, 0.15) is 0 Å². The van der Waals surface area contributed by atoms with Gasteiger partial charge in [0, 0.05) is 5.54 Å². The number of hydrogen-bond donors (Lipinski definition) is 1. The van der Waals surface area contributed by atoms with Gasteiger partial charge in [-0.3, -0.25) is 4.79 Å². The molecule has 0 aliphatic carbocycles. The maximum Gasteiger partial charge on any atom is 0.224 e. The fourth-order valence-electron chi connectivity index (χ4n) is 1.39. The van der Waals surface area contributed by atoms with E-state index in [-0.39, 0.29) is 11.4 Å². The van der Waals surface area contributed by atoms with Crippen molar-refractivity contribution in [2.45, 2.75) is 39.2 Å². The predicted octanol–water partition coefficient (Wildman–Crippen LogP) is 2.41. The van der Waals surface area contributed by atoms with Gasteiger partial charge in [-0.2, -0.15) is 5.26 Å². The molecule has 0 fully saturated rings. The van der Waals surface area contributed by atoms with E-state index >= 15 is 0 Å². The Morgan fingerprint density at radius 2 is 1.94 bits per heavy atom. The number of benzene rings is 1. The van der Waals surface area contributed by atoms with Crippen LogP contribution in [0.1, 0.15) is 38.3 Å². The molecule has 90 valence electrons. The van der Waals surface area contributed by atoms with Crippen LogP contribution in [-0.2, 0) is 11.2 Å². The number of carbonyl (C=O) groups excluding carboxylic acids is 1. The number of rotatable bonds is 4. The highest BCUT2D eigenvalue weighted by atomic mass is 16.1. The Balaban J connectivity index is 2.60. The van der Waals surface area contributed by atoms with Gasteiger partial charge in [-0.15, -0.1) is 0 Å². The topological polar surface area (TPSA) is 52.9 Å². The van der Waals surface area contributed by atoms with E-state index in [4.69, 9.17) is 5.26 Å². The fraction of sp³-hybridized carbons (Fsp3) is 0.429. The molecule has 0 saturated carbocycles. The molecule has 1 aromatic carbocycles. The standard InChI is InChI=1S/C14H18N2O/c1-4-14(2,3)16-13(17)9-11-5-7-12(10-15)8-6-11/h5-8H,4,9H2,1-3H3,(H,16,17). The zero-order valence-corrected chi connectivity index (χ0v) is 10.6. The van der Waals surface area contributed by atoms with Gasteiger partial charge in [0.15, 0.2) is 0 Å². The van der Waals surface area contributed by atoms with Crippen molar-refractivity contribution in [1.82, 2.24) is 5.32 Å². The lowest BCUT2D eigenvalue weighted by Crippen LogP contribution is -2.43. The summed E-state index contributed by atoms with van der Waals surface area (Å²) in [5.74, 6) is 0.0153. The first kappa shape index (κ1) is 13.2. The van der Waals surface area contributed by atoms with Crippen molar-refractivity contribution in [3.63, 3.8) is 0 Å². The summed E-state index contributed by atoms with van der Waals surface area (Å²) in [5.41, 5.74) is 1.38. The van der Waals surface area contributed by atoms with E-state index in [1.165, 1.54) is 0 Å². The van der Waals surface area contributed by atoms with Gasteiger partial charge in [-0.25, -0.2) is 0 Å². The van der Waals surface area contributed by atoms with Gasteiger partial charge in [0.05, 0.1) is 18.1 Å². The molecule has 0 heterocycles. The summed E-state index contributed by atoms with van der Waals surface area (Å²) in [6, 6.07) is 9.15. The van der Waals surface area contributed by atoms with Crippen LogP contribution < -0.4 is 5.32 Å². The van der Waals surface area contributed by atoms with Gasteiger partial charge in [0.25, 0.3) is 0 Å². The minimum atomic E-state index is -0.163. The molecule has 0 aliphatic heterocycles. The molecule has 3 heteroatoms. The molecule has 0 unspecified atom stereocenters. The van der Waals surface area contributed by atoms with E-state index in [9.17, 15) is 4.79 Å². The van der Waals surface area contributed by atoms with Crippen LogP contribution in [0.2, 0.25) is 0 Å². The molecule has 0 aromatic heterocycles. The third-order valence-corrected chi connectivity index (χ3v) is 2.81. The number of amides is 1. The average molecular weight is 230 g/mol. The third-order valence-electron chi connectivity index (χ3n) is 2.81. The second kappa shape index (κ2) is 5.49. The van der Waals surface area contributed by atoms with Gasteiger partial charge in [0.2, 0.25) is 5.91 Å². The first-order valence-electron chi connectivity index (χ1n) is 5.77. The molecule has 0 saturated heterocycles. The van der Waals surface area contributed by atoms with Crippen LogP contribution in [0, 0.1) is 11.3 Å². The van der Waals surface area contributed by atoms with Crippen molar-refractivity contribution in [3.05, 3.63) is 35.4 Å². The molecule has 1 amide bonds. The Hall–Kier alpha value is -1.82. The number of nitrogens with one attached hydrogen (secondary N) is 1. The maximum absolute atomic E-state index is 11.8. The van der Waals surface area contributed by atoms with Gasteiger partial charge in [-0.1, -0.05) is 19.1 Å². The molecule has 1 N–H and O–H groups in total. The first-order valence-corrected chi connectivity index (χ1v) is 5.77. The minimum Gasteiger partial charge on any atom is -0.351 e. The van der Waals surface area contributed by atoms with Crippen molar-refractivity contribution < 1.29 is 4.79 Å². The number of nitrogens with zero attached hydrogens (tertiary/aromatic N) is 1. The van der Waals surface area contributed by atoms with Crippen molar-refractivity contribution in [3.8, 4) is 6.07 Å². The summed E-state index contributed by atoms with van der Waals surface area (Å²) in [7, 11) is 0. The molecule has 0 spiro atoms.